The van der Waals surface area contributed by atoms with Gasteiger partial charge in [-0.25, -0.2) is 0 Å². The Balaban J connectivity index is 1.87. The zero-order valence-corrected chi connectivity index (χ0v) is 15.3. The molecular weight excluding hydrogens is 332 g/mol. The highest BCUT2D eigenvalue weighted by Crippen LogP contribution is 2.70. The summed E-state index contributed by atoms with van der Waals surface area (Å²) in [5.41, 5.74) is -0.286. The average Bonchev–Trinajstić information content (AvgIpc) is 3.27. The quantitative estimate of drug-likeness (QED) is 0.675. The molecule has 27 heavy (non-hydrogen) atoms. The maximum Gasteiger partial charge on any atom is 0.171 e. The number of carbonyl (C=O) groups excluding carboxylic acids is 2. The highest BCUT2D eigenvalue weighted by molar-refractivity contribution is 6.22. The van der Waals surface area contributed by atoms with Crippen molar-refractivity contribution in [3.05, 3.63) is 85.0 Å². The molecule has 0 saturated heterocycles. The van der Waals surface area contributed by atoms with Crippen LogP contribution in [-0.2, 0) is 0 Å². The lowest BCUT2D eigenvalue weighted by Gasteiger charge is -2.52. The number of benzene rings is 2. The van der Waals surface area contributed by atoms with E-state index in [1.165, 1.54) is 0 Å². The molecule has 0 amide bonds. The summed E-state index contributed by atoms with van der Waals surface area (Å²) in [6.45, 7) is 7.87. The lowest BCUT2D eigenvalue weighted by molar-refractivity contribution is 0.0185. The van der Waals surface area contributed by atoms with Crippen molar-refractivity contribution in [2.75, 3.05) is 0 Å². The molecule has 5 rings (SSSR count). The molecule has 0 heterocycles. The molecule has 1 saturated carbocycles. The number of rotatable bonds is 4. The highest BCUT2D eigenvalue weighted by atomic mass is 16.1. The first-order chi connectivity index (χ1) is 13.1. The van der Waals surface area contributed by atoms with Crippen LogP contribution in [0.4, 0.5) is 0 Å². The highest BCUT2D eigenvalue weighted by Gasteiger charge is 2.72. The summed E-state index contributed by atoms with van der Waals surface area (Å²) in [5, 5.41) is 2.00. The van der Waals surface area contributed by atoms with Gasteiger partial charge in [0.15, 0.2) is 11.6 Å². The van der Waals surface area contributed by atoms with Crippen LogP contribution in [0.1, 0.15) is 40.0 Å². The first-order valence-electron chi connectivity index (χ1n) is 9.62. The number of Topliss-reactive ketones (excluding diaryl/α,β-unsaturated/α-hetero) is 2. The Kier molecular flexibility index (Phi) is 3.28. The fraction of sp³-hybridized carbons (Fsp3) is 0.280. The molecule has 0 N–H and O–H groups in total. The summed E-state index contributed by atoms with van der Waals surface area (Å²) >= 11 is 0. The minimum atomic E-state index is -0.727. The summed E-state index contributed by atoms with van der Waals surface area (Å²) in [6, 6.07) is 11.8. The number of hydrogen-bond donors (Lipinski definition) is 0. The lowest BCUT2D eigenvalue weighted by atomic mass is 9.47. The summed E-state index contributed by atoms with van der Waals surface area (Å²) in [7, 11) is 0. The molecule has 1 fully saturated rings. The lowest BCUT2D eigenvalue weighted by Crippen LogP contribution is -2.58. The fourth-order valence-electron chi connectivity index (χ4n) is 6.24. The van der Waals surface area contributed by atoms with Crippen LogP contribution in [0.2, 0.25) is 0 Å². The first-order valence-corrected chi connectivity index (χ1v) is 9.62. The standard InChI is InChI=1S/C25H22O2/c1-3-11-24-18-9-10-19(15-18)25(24,12-4-2)23(27)21-14-17-8-6-5-7-16(17)13-20(21)22(24)26/h3-10,13-14,18-19H,1-2,11-12,15H2/t18?,19?,24-,25+. The van der Waals surface area contributed by atoms with E-state index in [4.69, 9.17) is 0 Å². The second-order valence-corrected chi connectivity index (χ2v) is 8.17. The predicted molar refractivity (Wildman–Crippen MR) is 108 cm³/mol. The van der Waals surface area contributed by atoms with Crippen LogP contribution in [0.5, 0.6) is 0 Å². The SMILES string of the molecule is C=CC[C@@]12C(=O)c3cc4ccccc4cc3C(=O)[C@]1(CC=C)C1C=CC2C1. The van der Waals surface area contributed by atoms with Gasteiger partial charge in [-0.2, -0.15) is 0 Å². The van der Waals surface area contributed by atoms with E-state index in [0.29, 0.717) is 24.0 Å². The smallest absolute Gasteiger partial charge is 0.171 e. The Morgan fingerprint density at radius 3 is 1.70 bits per heavy atom. The van der Waals surface area contributed by atoms with Gasteiger partial charge in [-0.3, -0.25) is 9.59 Å². The molecule has 2 nitrogen and oxygen atoms in total. The van der Waals surface area contributed by atoms with Gasteiger partial charge in [-0.1, -0.05) is 48.6 Å². The van der Waals surface area contributed by atoms with Crippen molar-refractivity contribution < 1.29 is 9.59 Å². The Morgan fingerprint density at radius 2 is 1.30 bits per heavy atom. The average molecular weight is 354 g/mol. The molecule has 0 aliphatic heterocycles. The predicted octanol–water partition coefficient (Wildman–Crippen LogP) is 5.55. The normalized spacial score (nSPS) is 33.2. The Hall–Kier alpha value is -2.74. The molecule has 134 valence electrons. The van der Waals surface area contributed by atoms with Crippen LogP contribution in [0, 0.1) is 22.7 Å². The zero-order chi connectivity index (χ0) is 18.8. The fourth-order valence-corrected chi connectivity index (χ4v) is 6.24. The van der Waals surface area contributed by atoms with Crippen molar-refractivity contribution in [3.8, 4) is 0 Å². The van der Waals surface area contributed by atoms with E-state index in [0.717, 1.165) is 17.2 Å². The van der Waals surface area contributed by atoms with Crippen molar-refractivity contribution in [2.45, 2.75) is 19.3 Å². The van der Waals surface area contributed by atoms with Crippen molar-refractivity contribution in [2.24, 2.45) is 22.7 Å². The van der Waals surface area contributed by atoms with Crippen LogP contribution in [0.3, 0.4) is 0 Å². The van der Waals surface area contributed by atoms with Gasteiger partial charge in [0.05, 0.1) is 10.8 Å². The van der Waals surface area contributed by atoms with Crippen LogP contribution in [-0.4, -0.2) is 11.6 Å². The van der Waals surface area contributed by atoms with E-state index in [1.54, 1.807) is 0 Å². The van der Waals surface area contributed by atoms with Gasteiger partial charge in [-0.15, -0.1) is 13.2 Å². The van der Waals surface area contributed by atoms with Crippen LogP contribution in [0.25, 0.3) is 10.8 Å². The summed E-state index contributed by atoms with van der Waals surface area (Å²) < 4.78 is 0. The van der Waals surface area contributed by atoms with Crippen LogP contribution < -0.4 is 0 Å². The van der Waals surface area contributed by atoms with Crippen molar-refractivity contribution >= 4 is 22.3 Å². The summed E-state index contributed by atoms with van der Waals surface area (Å²) in [6.07, 6.45) is 9.89. The first kappa shape index (κ1) is 16.4. The van der Waals surface area contributed by atoms with Gasteiger partial charge < -0.3 is 0 Å². The number of hydrogen-bond acceptors (Lipinski definition) is 2. The van der Waals surface area contributed by atoms with E-state index in [-0.39, 0.29) is 23.4 Å². The van der Waals surface area contributed by atoms with Gasteiger partial charge in [-0.05, 0) is 54.0 Å². The van der Waals surface area contributed by atoms with E-state index in [1.807, 2.05) is 48.6 Å². The number of carbonyl (C=O) groups is 2. The zero-order valence-electron chi connectivity index (χ0n) is 15.3. The van der Waals surface area contributed by atoms with Gasteiger partial charge in [0.2, 0.25) is 0 Å². The van der Waals surface area contributed by atoms with Crippen LogP contribution >= 0.6 is 0 Å². The van der Waals surface area contributed by atoms with E-state index >= 15 is 0 Å². The third kappa shape index (κ3) is 1.72. The van der Waals surface area contributed by atoms with Gasteiger partial charge in [0, 0.05) is 11.1 Å². The molecule has 0 radical (unpaired) electrons. The molecule has 2 heteroatoms. The molecule has 4 atom stereocenters. The van der Waals surface area contributed by atoms with Crippen molar-refractivity contribution in [1.29, 1.82) is 0 Å². The maximum absolute atomic E-state index is 14.0. The molecule has 3 aliphatic carbocycles. The van der Waals surface area contributed by atoms with E-state index in [9.17, 15) is 9.59 Å². The largest absolute Gasteiger partial charge is 0.293 e. The number of fused-ring (bicyclic) bond motifs is 7. The number of ketones is 2. The third-order valence-electron chi connectivity index (χ3n) is 7.26. The summed E-state index contributed by atoms with van der Waals surface area (Å²) in [4.78, 5) is 28.0. The topological polar surface area (TPSA) is 34.1 Å². The van der Waals surface area contributed by atoms with Gasteiger partial charge in [0.25, 0.3) is 0 Å². The molecule has 3 aliphatic rings. The van der Waals surface area contributed by atoms with Crippen molar-refractivity contribution in [1.82, 2.24) is 0 Å². The molecule has 0 spiro atoms. The van der Waals surface area contributed by atoms with Gasteiger partial charge >= 0.3 is 0 Å². The Labute approximate surface area is 159 Å². The second kappa shape index (κ2) is 5.39. The Morgan fingerprint density at radius 1 is 0.852 bits per heavy atom. The van der Waals surface area contributed by atoms with Gasteiger partial charge in [0.1, 0.15) is 0 Å². The van der Waals surface area contributed by atoms with E-state index in [2.05, 4.69) is 25.3 Å². The monoisotopic (exact) mass is 354 g/mol. The third-order valence-corrected chi connectivity index (χ3v) is 7.26. The Bertz CT molecular complexity index is 977. The minimum absolute atomic E-state index is 0.0940. The summed E-state index contributed by atoms with van der Waals surface area (Å²) in [5.74, 6) is 0.413. The molecule has 0 aromatic heterocycles. The maximum atomic E-state index is 14.0. The number of allylic oxidation sites excluding steroid dienone is 4. The molecule has 2 aromatic rings. The molecule has 2 unspecified atom stereocenters. The molecular formula is C25H22O2. The molecule has 2 bridgehead atoms. The molecule has 2 aromatic carbocycles. The minimum Gasteiger partial charge on any atom is -0.293 e. The van der Waals surface area contributed by atoms with Crippen molar-refractivity contribution in [3.63, 3.8) is 0 Å². The van der Waals surface area contributed by atoms with E-state index < -0.39 is 10.8 Å². The second-order valence-electron chi connectivity index (χ2n) is 8.17. The van der Waals surface area contributed by atoms with Crippen LogP contribution in [0.15, 0.2) is 73.9 Å².